The van der Waals surface area contributed by atoms with E-state index in [2.05, 4.69) is 10.6 Å². The average Bonchev–Trinajstić information content (AvgIpc) is 2.54. The highest BCUT2D eigenvalue weighted by Crippen LogP contribution is 2.10. The van der Waals surface area contributed by atoms with Crippen molar-refractivity contribution in [3.8, 4) is 0 Å². The van der Waals surface area contributed by atoms with Gasteiger partial charge in [0.2, 0.25) is 0 Å². The van der Waals surface area contributed by atoms with Gasteiger partial charge in [-0.15, -0.1) is 0 Å². The van der Waals surface area contributed by atoms with Gasteiger partial charge in [0, 0.05) is 52.4 Å². The lowest BCUT2D eigenvalue weighted by Crippen LogP contribution is -2.48. The maximum Gasteiger partial charge on any atom is 0.410 e. The number of nitrogens with one attached hydrogen (secondary N) is 2. The van der Waals surface area contributed by atoms with Crippen LogP contribution in [0.4, 0.5) is 9.59 Å². The van der Waals surface area contributed by atoms with Crippen LogP contribution in [-0.4, -0.2) is 85.5 Å². The van der Waals surface area contributed by atoms with E-state index in [1.807, 2.05) is 41.5 Å². The molecule has 8 nitrogen and oxygen atoms in total. The molecule has 2 N–H and O–H groups in total. The molecule has 2 rings (SSSR count). The molecule has 0 aromatic rings. The van der Waals surface area contributed by atoms with Crippen molar-refractivity contribution in [3.05, 3.63) is 0 Å². The van der Waals surface area contributed by atoms with Crippen LogP contribution in [-0.2, 0) is 9.47 Å². The van der Waals surface area contributed by atoms with Gasteiger partial charge in [0.05, 0.1) is 0 Å². The van der Waals surface area contributed by atoms with Crippen LogP contribution in [0.2, 0.25) is 0 Å². The van der Waals surface area contributed by atoms with E-state index in [1.165, 1.54) is 0 Å². The van der Waals surface area contributed by atoms with Gasteiger partial charge >= 0.3 is 12.2 Å². The van der Waals surface area contributed by atoms with Crippen LogP contribution < -0.4 is 10.6 Å². The maximum absolute atomic E-state index is 11.5. The van der Waals surface area contributed by atoms with Gasteiger partial charge in [-0.25, -0.2) is 9.59 Å². The molecule has 2 aliphatic heterocycles. The van der Waals surface area contributed by atoms with E-state index in [1.54, 1.807) is 9.80 Å². The number of carbonyl (C=O) groups excluding carboxylic acids is 2. The van der Waals surface area contributed by atoms with Crippen LogP contribution in [0.25, 0.3) is 0 Å². The Balaban J connectivity index is 0.000000260. The first-order chi connectivity index (χ1) is 12.0. The minimum atomic E-state index is -0.387. The molecular weight excluding hydrogens is 336 g/mol. The topological polar surface area (TPSA) is 83.1 Å². The number of nitrogens with zero attached hydrogens (tertiary/aromatic N) is 2. The zero-order chi connectivity index (χ0) is 19.8. The molecule has 0 aromatic heterocycles. The number of piperazine rings is 2. The molecule has 0 spiro atoms. The van der Waals surface area contributed by atoms with Crippen molar-refractivity contribution in [1.29, 1.82) is 0 Å². The molecule has 2 saturated heterocycles. The smallest absolute Gasteiger partial charge is 0.410 e. The van der Waals surface area contributed by atoms with Gasteiger partial charge in [0.1, 0.15) is 11.2 Å². The molecule has 152 valence electrons. The number of carbonyl (C=O) groups is 2. The Morgan fingerprint density at radius 3 is 1.15 bits per heavy atom. The predicted molar refractivity (Wildman–Crippen MR) is 101 cm³/mol. The lowest BCUT2D eigenvalue weighted by atomic mass is 10.2. The van der Waals surface area contributed by atoms with Gasteiger partial charge < -0.3 is 29.9 Å². The summed E-state index contributed by atoms with van der Waals surface area (Å²) in [6.45, 7) is 17.7. The van der Waals surface area contributed by atoms with Gasteiger partial charge in [0.15, 0.2) is 0 Å². The van der Waals surface area contributed by atoms with Crippen molar-refractivity contribution in [2.45, 2.75) is 52.7 Å². The highest BCUT2D eigenvalue weighted by Gasteiger charge is 2.23. The Hall–Kier alpha value is -1.54. The first-order valence-corrected chi connectivity index (χ1v) is 9.35. The van der Waals surface area contributed by atoms with Crippen molar-refractivity contribution < 1.29 is 19.1 Å². The molecule has 0 atom stereocenters. The minimum Gasteiger partial charge on any atom is -0.444 e. The summed E-state index contributed by atoms with van der Waals surface area (Å²) < 4.78 is 10.5. The third-order valence-corrected chi connectivity index (χ3v) is 3.54. The second-order valence-electron chi connectivity index (χ2n) is 8.43. The molecule has 0 aromatic carbocycles. The molecule has 26 heavy (non-hydrogen) atoms. The van der Waals surface area contributed by atoms with Crippen LogP contribution in [0, 0.1) is 0 Å². The monoisotopic (exact) mass is 372 g/mol. The van der Waals surface area contributed by atoms with E-state index in [9.17, 15) is 9.59 Å². The van der Waals surface area contributed by atoms with Crippen molar-refractivity contribution >= 4 is 12.2 Å². The van der Waals surface area contributed by atoms with Gasteiger partial charge in [-0.05, 0) is 41.5 Å². The van der Waals surface area contributed by atoms with E-state index >= 15 is 0 Å². The molecule has 0 unspecified atom stereocenters. The molecule has 2 fully saturated rings. The molecule has 0 radical (unpaired) electrons. The standard InChI is InChI=1S/2C9H18N2O2/c2*1-9(2,3)13-8(12)11-6-4-10-5-7-11/h2*10H,4-7H2,1-3H3. The Kier molecular flexibility index (Phi) is 8.62. The molecule has 2 heterocycles. The van der Waals surface area contributed by atoms with E-state index in [-0.39, 0.29) is 23.4 Å². The zero-order valence-electron chi connectivity index (χ0n) is 17.2. The first-order valence-electron chi connectivity index (χ1n) is 9.35. The number of hydrogen-bond acceptors (Lipinski definition) is 6. The fraction of sp³-hybridized carbons (Fsp3) is 0.889. The highest BCUT2D eigenvalue weighted by molar-refractivity contribution is 5.68. The normalized spacial score (nSPS) is 18.5. The second kappa shape index (κ2) is 9.97. The van der Waals surface area contributed by atoms with Gasteiger partial charge in [-0.3, -0.25) is 0 Å². The SMILES string of the molecule is CC(C)(C)OC(=O)N1CCNCC1.CC(C)(C)OC(=O)N1CCNCC1. The van der Waals surface area contributed by atoms with Crippen LogP contribution in [0.15, 0.2) is 0 Å². The maximum atomic E-state index is 11.5. The highest BCUT2D eigenvalue weighted by atomic mass is 16.6. The van der Waals surface area contributed by atoms with Crippen molar-refractivity contribution in [2.24, 2.45) is 0 Å². The number of ether oxygens (including phenoxy) is 2. The lowest BCUT2D eigenvalue weighted by molar-refractivity contribution is 0.0218. The second-order valence-corrected chi connectivity index (χ2v) is 8.43. The molecular formula is C18H36N4O4. The Labute approximate surface area is 157 Å². The number of hydrogen-bond donors (Lipinski definition) is 2. The summed E-state index contributed by atoms with van der Waals surface area (Å²) in [4.78, 5) is 26.5. The predicted octanol–water partition coefficient (Wildman–Crippen LogP) is 1.65. The quantitative estimate of drug-likeness (QED) is 0.673. The minimum absolute atomic E-state index is 0.200. The zero-order valence-corrected chi connectivity index (χ0v) is 17.2. The fourth-order valence-corrected chi connectivity index (χ4v) is 2.35. The largest absolute Gasteiger partial charge is 0.444 e. The summed E-state index contributed by atoms with van der Waals surface area (Å²) in [5.74, 6) is 0. The molecule has 8 heteroatoms. The van der Waals surface area contributed by atoms with Gasteiger partial charge in [-0.1, -0.05) is 0 Å². The first kappa shape index (κ1) is 22.5. The van der Waals surface area contributed by atoms with Crippen molar-refractivity contribution in [3.63, 3.8) is 0 Å². The summed E-state index contributed by atoms with van der Waals surface area (Å²) in [6.07, 6.45) is -0.400. The van der Waals surface area contributed by atoms with Gasteiger partial charge in [0.25, 0.3) is 0 Å². The lowest BCUT2D eigenvalue weighted by Gasteiger charge is -2.30. The van der Waals surface area contributed by atoms with E-state index in [0.717, 1.165) is 52.4 Å². The average molecular weight is 373 g/mol. The summed E-state index contributed by atoms with van der Waals surface area (Å²) >= 11 is 0. The molecule has 2 amide bonds. The summed E-state index contributed by atoms with van der Waals surface area (Å²) in [5, 5.41) is 6.37. The Morgan fingerprint density at radius 2 is 0.923 bits per heavy atom. The molecule has 2 aliphatic rings. The third-order valence-electron chi connectivity index (χ3n) is 3.54. The molecule has 0 saturated carbocycles. The number of rotatable bonds is 0. The van der Waals surface area contributed by atoms with Crippen molar-refractivity contribution in [1.82, 2.24) is 20.4 Å². The summed E-state index contributed by atoms with van der Waals surface area (Å²) in [6, 6.07) is 0. The molecule has 0 bridgehead atoms. The third kappa shape index (κ3) is 9.82. The van der Waals surface area contributed by atoms with E-state index < -0.39 is 0 Å². The van der Waals surface area contributed by atoms with E-state index in [4.69, 9.17) is 9.47 Å². The van der Waals surface area contributed by atoms with Crippen LogP contribution in [0.1, 0.15) is 41.5 Å². The van der Waals surface area contributed by atoms with Crippen LogP contribution in [0.5, 0.6) is 0 Å². The Bertz CT molecular complexity index is 403. The summed E-state index contributed by atoms with van der Waals surface area (Å²) in [7, 11) is 0. The van der Waals surface area contributed by atoms with Crippen LogP contribution in [0.3, 0.4) is 0 Å². The summed E-state index contributed by atoms with van der Waals surface area (Å²) in [5.41, 5.74) is -0.774. The van der Waals surface area contributed by atoms with E-state index in [0.29, 0.717) is 0 Å². The Morgan fingerprint density at radius 1 is 0.654 bits per heavy atom. The van der Waals surface area contributed by atoms with Crippen molar-refractivity contribution in [2.75, 3.05) is 52.4 Å². The number of amides is 2. The van der Waals surface area contributed by atoms with Gasteiger partial charge in [-0.2, -0.15) is 0 Å². The fourth-order valence-electron chi connectivity index (χ4n) is 2.35. The van der Waals surface area contributed by atoms with Crippen LogP contribution >= 0.6 is 0 Å². The molecule has 0 aliphatic carbocycles.